The molecule has 0 atom stereocenters. The summed E-state index contributed by atoms with van der Waals surface area (Å²) in [6, 6.07) is 6.03. The minimum atomic E-state index is -2.83. The molecule has 0 unspecified atom stereocenters. The van der Waals surface area contributed by atoms with Gasteiger partial charge in [0, 0.05) is 50.5 Å². The number of hydrogen-bond acceptors (Lipinski definition) is 6. The highest BCUT2D eigenvalue weighted by atomic mass is 19.3. The number of aryl methyl sites for hydroxylation is 2. The number of carbonyl (C=O) groups is 2. The molecule has 3 aromatic heterocycles. The SMILES string of the molecule is Cc1nc(NC(=O)N2CCC3(CC(F)(F)C3)C2=O)ccc1Oc1ccnc(-c2cnn(C)c2)c1. The number of anilines is 1. The van der Waals surface area contributed by atoms with E-state index in [0.717, 1.165) is 10.5 Å². The van der Waals surface area contributed by atoms with Crippen molar-refractivity contribution in [2.75, 3.05) is 11.9 Å². The number of aromatic nitrogens is 4. The minimum absolute atomic E-state index is 0.113. The second-order valence-electron chi connectivity index (χ2n) is 8.79. The number of rotatable bonds is 4. The zero-order chi connectivity index (χ0) is 24.1. The maximum absolute atomic E-state index is 13.3. The zero-order valence-corrected chi connectivity index (χ0v) is 18.6. The maximum atomic E-state index is 13.3. The summed E-state index contributed by atoms with van der Waals surface area (Å²) in [5.74, 6) is -2.11. The third kappa shape index (κ3) is 3.97. The molecule has 1 N–H and O–H groups in total. The zero-order valence-electron chi connectivity index (χ0n) is 18.6. The van der Waals surface area contributed by atoms with Crippen LogP contribution in [0.3, 0.4) is 0 Å². The molecule has 9 nitrogen and oxygen atoms in total. The van der Waals surface area contributed by atoms with Crippen molar-refractivity contribution in [1.29, 1.82) is 0 Å². The van der Waals surface area contributed by atoms with E-state index in [9.17, 15) is 18.4 Å². The van der Waals surface area contributed by atoms with Gasteiger partial charge in [-0.15, -0.1) is 0 Å². The monoisotopic (exact) mass is 468 g/mol. The Morgan fingerprint density at radius 3 is 2.71 bits per heavy atom. The summed E-state index contributed by atoms with van der Waals surface area (Å²) in [5.41, 5.74) is 0.962. The van der Waals surface area contributed by atoms with Gasteiger partial charge in [-0.25, -0.2) is 18.6 Å². The van der Waals surface area contributed by atoms with Gasteiger partial charge in [0.2, 0.25) is 11.8 Å². The number of urea groups is 1. The molecule has 1 saturated carbocycles. The number of likely N-dealkylation sites (tertiary alicyclic amines) is 1. The molecule has 1 saturated heterocycles. The van der Waals surface area contributed by atoms with Crippen molar-refractivity contribution in [3.63, 3.8) is 0 Å². The van der Waals surface area contributed by atoms with Gasteiger partial charge in [0.05, 0.1) is 23.0 Å². The largest absolute Gasteiger partial charge is 0.455 e. The molecule has 4 heterocycles. The Balaban J connectivity index is 1.25. The first-order valence-electron chi connectivity index (χ1n) is 10.8. The van der Waals surface area contributed by atoms with E-state index in [4.69, 9.17) is 4.74 Å². The first-order chi connectivity index (χ1) is 16.1. The summed E-state index contributed by atoms with van der Waals surface area (Å²) in [6.07, 6.45) is 4.45. The first-order valence-corrected chi connectivity index (χ1v) is 10.8. The Kier molecular flexibility index (Phi) is 5.07. The summed E-state index contributed by atoms with van der Waals surface area (Å²) in [5, 5.41) is 6.72. The van der Waals surface area contributed by atoms with Gasteiger partial charge in [0.25, 0.3) is 0 Å². The molecule has 5 rings (SSSR count). The lowest BCUT2D eigenvalue weighted by molar-refractivity contribution is -0.176. The number of nitrogens with one attached hydrogen (secondary N) is 1. The van der Waals surface area contributed by atoms with Crippen LogP contribution in [-0.2, 0) is 11.8 Å². The second-order valence-corrected chi connectivity index (χ2v) is 8.79. The van der Waals surface area contributed by atoms with Gasteiger partial charge in [0.1, 0.15) is 17.3 Å². The van der Waals surface area contributed by atoms with E-state index in [1.165, 1.54) is 0 Å². The number of nitrogens with zero attached hydrogens (tertiary/aromatic N) is 5. The Bertz CT molecular complexity index is 1280. The Morgan fingerprint density at radius 1 is 1.24 bits per heavy atom. The smallest absolute Gasteiger partial charge is 0.329 e. The number of hydrogen-bond donors (Lipinski definition) is 1. The molecule has 0 aromatic carbocycles. The lowest BCUT2D eigenvalue weighted by atomic mass is 9.65. The normalized spacial score (nSPS) is 18.1. The highest BCUT2D eigenvalue weighted by Gasteiger charge is 2.64. The lowest BCUT2D eigenvalue weighted by Gasteiger charge is -2.42. The Labute approximate surface area is 193 Å². The minimum Gasteiger partial charge on any atom is -0.455 e. The summed E-state index contributed by atoms with van der Waals surface area (Å²) >= 11 is 0. The van der Waals surface area contributed by atoms with Crippen molar-refractivity contribution in [2.45, 2.75) is 32.1 Å². The predicted molar refractivity (Wildman–Crippen MR) is 117 cm³/mol. The molecule has 0 bridgehead atoms. The van der Waals surface area contributed by atoms with E-state index >= 15 is 0 Å². The molecule has 176 valence electrons. The molecule has 0 radical (unpaired) electrons. The number of imide groups is 1. The third-order valence-corrected chi connectivity index (χ3v) is 6.18. The van der Waals surface area contributed by atoms with E-state index < -0.39 is 36.1 Å². The fourth-order valence-electron chi connectivity index (χ4n) is 4.50. The second kappa shape index (κ2) is 7.86. The average Bonchev–Trinajstić information content (AvgIpc) is 3.34. The fraction of sp³-hybridized carbons (Fsp3) is 0.348. The van der Waals surface area contributed by atoms with Crippen molar-refractivity contribution in [2.24, 2.45) is 12.5 Å². The van der Waals surface area contributed by atoms with Crippen LogP contribution in [0.2, 0.25) is 0 Å². The van der Waals surface area contributed by atoms with Gasteiger partial charge in [-0.2, -0.15) is 5.10 Å². The van der Waals surface area contributed by atoms with Crippen LogP contribution in [0, 0.1) is 12.3 Å². The quantitative estimate of drug-likeness (QED) is 0.617. The standard InChI is InChI=1S/C23H22F2N6O3/c1-14-18(34-16-5-7-26-17(9-16)15-10-27-30(2)11-15)3-4-19(28-14)29-21(33)31-8-6-22(20(31)32)12-23(24,25)13-22/h3-5,7,9-11H,6,8,12-13H2,1-2H3,(H,28,29,33). The average molecular weight is 468 g/mol. The van der Waals surface area contributed by atoms with Crippen molar-refractivity contribution < 1.29 is 23.1 Å². The van der Waals surface area contributed by atoms with Gasteiger partial charge in [-0.05, 0) is 31.5 Å². The van der Waals surface area contributed by atoms with Crippen molar-refractivity contribution >= 4 is 17.8 Å². The lowest BCUT2D eigenvalue weighted by Crippen LogP contribution is -2.52. The van der Waals surface area contributed by atoms with Gasteiger partial charge in [-0.1, -0.05) is 0 Å². The van der Waals surface area contributed by atoms with Gasteiger partial charge >= 0.3 is 6.03 Å². The van der Waals surface area contributed by atoms with Crippen LogP contribution >= 0.6 is 0 Å². The number of pyridine rings is 2. The van der Waals surface area contributed by atoms with Gasteiger partial charge in [0.15, 0.2) is 0 Å². The van der Waals surface area contributed by atoms with E-state index in [0.29, 0.717) is 22.9 Å². The van der Waals surface area contributed by atoms with Crippen molar-refractivity contribution in [3.05, 3.63) is 48.5 Å². The van der Waals surface area contributed by atoms with E-state index in [-0.39, 0.29) is 18.8 Å². The molecule has 34 heavy (non-hydrogen) atoms. The summed E-state index contributed by atoms with van der Waals surface area (Å²) in [6.45, 7) is 1.84. The molecule has 2 fully saturated rings. The first kappa shape index (κ1) is 21.9. The molecular formula is C23H22F2N6O3. The van der Waals surface area contributed by atoms with E-state index in [2.05, 4.69) is 20.4 Å². The van der Waals surface area contributed by atoms with E-state index in [1.54, 1.807) is 48.3 Å². The number of ether oxygens (including phenoxy) is 1. The molecule has 2 aliphatic rings. The molecule has 1 spiro atoms. The predicted octanol–water partition coefficient (Wildman–Crippen LogP) is 4.16. The molecule has 3 aromatic rings. The summed E-state index contributed by atoms with van der Waals surface area (Å²) in [4.78, 5) is 34.8. The molecule has 3 amide bonds. The Morgan fingerprint density at radius 2 is 2.03 bits per heavy atom. The van der Waals surface area contributed by atoms with Crippen LogP contribution in [0.5, 0.6) is 11.5 Å². The van der Waals surface area contributed by atoms with Gasteiger partial charge in [-0.3, -0.25) is 24.7 Å². The Hall–Kier alpha value is -3.89. The van der Waals surface area contributed by atoms with Crippen LogP contribution in [0.1, 0.15) is 25.0 Å². The summed E-state index contributed by atoms with van der Waals surface area (Å²) < 4.78 is 34.3. The van der Waals surface area contributed by atoms with Crippen LogP contribution in [0.15, 0.2) is 42.9 Å². The number of alkyl halides is 2. The fourth-order valence-corrected chi connectivity index (χ4v) is 4.50. The maximum Gasteiger partial charge on any atom is 0.329 e. The number of halogens is 2. The molecule has 11 heteroatoms. The van der Waals surface area contributed by atoms with Crippen molar-refractivity contribution in [3.8, 4) is 22.8 Å². The van der Waals surface area contributed by atoms with Crippen LogP contribution in [0.25, 0.3) is 11.3 Å². The topological polar surface area (TPSA) is 102 Å². The molecular weight excluding hydrogens is 446 g/mol. The summed E-state index contributed by atoms with van der Waals surface area (Å²) in [7, 11) is 1.82. The number of amides is 3. The third-order valence-electron chi connectivity index (χ3n) is 6.18. The van der Waals surface area contributed by atoms with Crippen molar-refractivity contribution in [1.82, 2.24) is 24.6 Å². The highest BCUT2D eigenvalue weighted by Crippen LogP contribution is 2.57. The van der Waals surface area contributed by atoms with Crippen LogP contribution < -0.4 is 10.1 Å². The van der Waals surface area contributed by atoms with Crippen LogP contribution in [-0.4, -0.2) is 49.1 Å². The van der Waals surface area contributed by atoms with Gasteiger partial charge < -0.3 is 4.74 Å². The van der Waals surface area contributed by atoms with E-state index in [1.807, 2.05) is 13.2 Å². The highest BCUT2D eigenvalue weighted by molar-refractivity contribution is 6.04. The number of carbonyl (C=O) groups excluding carboxylic acids is 2. The van der Waals surface area contributed by atoms with Crippen LogP contribution in [0.4, 0.5) is 19.4 Å². The molecule has 1 aliphatic carbocycles. The molecule has 1 aliphatic heterocycles.